The number of hydrogen-bond donors (Lipinski definition) is 5. The van der Waals surface area contributed by atoms with Crippen LogP contribution in [-0.4, -0.2) is 81.3 Å². The van der Waals surface area contributed by atoms with Gasteiger partial charge in [-0.1, -0.05) is 18.6 Å². The molecule has 1 aliphatic heterocycles. The van der Waals surface area contributed by atoms with Crippen LogP contribution in [0.25, 0.3) is 11.0 Å². The van der Waals surface area contributed by atoms with Crippen molar-refractivity contribution in [2.45, 2.75) is 57.1 Å². The number of rotatable bonds is 5. The number of ether oxygens (including phenoxy) is 1. The molecule has 2 aromatic heterocycles. The van der Waals surface area contributed by atoms with Crippen molar-refractivity contribution in [1.82, 2.24) is 24.8 Å². The van der Waals surface area contributed by atoms with Gasteiger partial charge >= 0.3 is 0 Å². The van der Waals surface area contributed by atoms with Crippen molar-refractivity contribution < 1.29 is 30.3 Å². The Morgan fingerprint density at radius 2 is 1.88 bits per heavy atom. The monoisotopic (exact) mass is 371 g/mol. The van der Waals surface area contributed by atoms with Crippen molar-refractivity contribution in [1.29, 1.82) is 0 Å². The van der Waals surface area contributed by atoms with E-state index in [1.165, 1.54) is 0 Å². The highest BCUT2D eigenvalue weighted by Gasteiger charge is 2.45. The molecule has 1 fully saturated rings. The fourth-order valence-electron chi connectivity index (χ4n) is 3.03. The molecule has 0 saturated carbocycles. The summed E-state index contributed by atoms with van der Waals surface area (Å²) in [5, 5.41) is 60.4. The minimum absolute atomic E-state index is 0.0850. The van der Waals surface area contributed by atoms with E-state index in [0.717, 1.165) is 9.36 Å². The number of hydrogen-bond acceptors (Lipinski definition) is 10. The summed E-state index contributed by atoms with van der Waals surface area (Å²) < 4.78 is 7.23. The smallest absolute Gasteiger partial charge is 0.283 e. The average Bonchev–Trinajstić information content (AvgIpc) is 3.00. The second-order valence-corrected chi connectivity index (χ2v) is 6.09. The molecule has 0 spiro atoms. The molecule has 5 atom stereocenters. The van der Waals surface area contributed by atoms with Crippen LogP contribution >= 0.6 is 0 Å². The van der Waals surface area contributed by atoms with Gasteiger partial charge in [-0.05, 0) is 6.42 Å². The fraction of sp³-hybridized carbons (Fsp3) is 0.714. The summed E-state index contributed by atoms with van der Waals surface area (Å²) in [6.45, 7) is 0.780. The van der Waals surface area contributed by atoms with Gasteiger partial charge in [0.1, 0.15) is 36.5 Å². The van der Waals surface area contributed by atoms with Crippen LogP contribution in [0.4, 0.5) is 0 Å². The first-order valence-electron chi connectivity index (χ1n) is 8.20. The van der Waals surface area contributed by atoms with Crippen LogP contribution in [0.5, 0.6) is 0 Å². The summed E-state index contributed by atoms with van der Waals surface area (Å²) in [7, 11) is 0. The average molecular weight is 371 g/mol. The minimum atomic E-state index is -1.67. The zero-order chi connectivity index (χ0) is 19.0. The van der Waals surface area contributed by atoms with E-state index < -0.39 is 49.5 Å². The summed E-state index contributed by atoms with van der Waals surface area (Å²) in [5.74, 6) is 0. The number of aliphatic hydroxyl groups is 5. The summed E-state index contributed by atoms with van der Waals surface area (Å²) in [4.78, 5) is 12.9. The number of fused-ring (bicyclic) bond motifs is 1. The van der Waals surface area contributed by atoms with Crippen LogP contribution in [0, 0.1) is 0 Å². The number of nitrogens with zero attached hydrogens (tertiary/aromatic N) is 5. The van der Waals surface area contributed by atoms with Gasteiger partial charge in [0.05, 0.1) is 12.3 Å². The van der Waals surface area contributed by atoms with E-state index in [-0.39, 0.29) is 11.0 Å². The third-order valence-electron chi connectivity index (χ3n) is 4.38. The molecule has 0 aliphatic carbocycles. The zero-order valence-electron chi connectivity index (χ0n) is 14.0. The van der Waals surface area contributed by atoms with Crippen molar-refractivity contribution in [3.8, 4) is 0 Å². The third-order valence-corrected chi connectivity index (χ3v) is 4.38. The lowest BCUT2D eigenvalue weighted by molar-refractivity contribution is -0.255. The Morgan fingerprint density at radius 1 is 1.15 bits per heavy atom. The molecule has 3 heterocycles. The largest absolute Gasteiger partial charge is 0.394 e. The van der Waals surface area contributed by atoms with Crippen LogP contribution in [0.2, 0.25) is 0 Å². The second-order valence-electron chi connectivity index (χ2n) is 6.09. The number of aryl methyl sites for hydroxylation is 1. The normalized spacial score (nSPS) is 29.4. The highest BCUT2D eigenvalue weighted by atomic mass is 16.6. The highest BCUT2D eigenvalue weighted by Crippen LogP contribution is 2.27. The number of aromatic nitrogens is 5. The van der Waals surface area contributed by atoms with E-state index >= 15 is 0 Å². The fourth-order valence-corrected chi connectivity index (χ4v) is 3.03. The van der Waals surface area contributed by atoms with E-state index in [1.54, 1.807) is 0 Å². The standard InChI is InChI=1S/C14H21N5O7/c1-2-3-6-8-12(18(5-21)16-6)15-17-19(13(8)25)14-11(24)10(23)9(22)7(4-20)26-14/h7,9-11,14,20-24H,2-5H2,1H3. The molecule has 5 N–H and O–H groups in total. The van der Waals surface area contributed by atoms with Gasteiger partial charge in [-0.25, -0.2) is 4.68 Å². The summed E-state index contributed by atoms with van der Waals surface area (Å²) in [6.07, 6.45) is -6.35. The van der Waals surface area contributed by atoms with Gasteiger partial charge in [0.2, 0.25) is 0 Å². The summed E-state index contributed by atoms with van der Waals surface area (Å²) in [6, 6.07) is 0. The molecule has 1 saturated heterocycles. The first-order chi connectivity index (χ1) is 12.4. The van der Waals surface area contributed by atoms with Crippen LogP contribution in [-0.2, 0) is 17.9 Å². The second kappa shape index (κ2) is 7.34. The molecule has 0 radical (unpaired) electrons. The SMILES string of the molecule is CCCc1nn(CO)c2nnn(C3OC(CO)C(O)C(O)C3O)c(=O)c12. The molecule has 5 unspecified atom stereocenters. The van der Waals surface area contributed by atoms with Crippen molar-refractivity contribution in [2.75, 3.05) is 6.61 Å². The molecule has 144 valence electrons. The Balaban J connectivity index is 2.12. The molecule has 0 amide bonds. The maximum Gasteiger partial charge on any atom is 0.283 e. The van der Waals surface area contributed by atoms with Gasteiger partial charge in [-0.15, -0.1) is 5.10 Å². The summed E-state index contributed by atoms with van der Waals surface area (Å²) in [5.41, 5.74) is -0.181. The maximum atomic E-state index is 12.9. The first-order valence-corrected chi connectivity index (χ1v) is 8.20. The lowest BCUT2D eigenvalue weighted by Crippen LogP contribution is -2.58. The van der Waals surface area contributed by atoms with Gasteiger partial charge < -0.3 is 30.3 Å². The van der Waals surface area contributed by atoms with Gasteiger partial charge in [0.15, 0.2) is 11.9 Å². The first kappa shape index (κ1) is 18.8. The van der Waals surface area contributed by atoms with Gasteiger partial charge in [-0.2, -0.15) is 9.78 Å². The lowest BCUT2D eigenvalue weighted by atomic mass is 9.98. The molecule has 0 aromatic carbocycles. The topological polar surface area (TPSA) is 176 Å². The van der Waals surface area contributed by atoms with E-state index in [1.807, 2.05) is 6.92 Å². The minimum Gasteiger partial charge on any atom is -0.394 e. The zero-order valence-corrected chi connectivity index (χ0v) is 14.0. The molecule has 12 nitrogen and oxygen atoms in total. The van der Waals surface area contributed by atoms with Crippen molar-refractivity contribution >= 4 is 11.0 Å². The van der Waals surface area contributed by atoms with E-state index in [0.29, 0.717) is 18.5 Å². The van der Waals surface area contributed by atoms with Gasteiger partial charge in [0.25, 0.3) is 5.56 Å². The number of aliphatic hydroxyl groups excluding tert-OH is 5. The molecule has 2 aromatic rings. The van der Waals surface area contributed by atoms with E-state index in [2.05, 4.69) is 15.4 Å². The Hall–Kier alpha value is -1.96. The predicted molar refractivity (Wildman–Crippen MR) is 84.8 cm³/mol. The quantitative estimate of drug-likeness (QED) is 0.361. The van der Waals surface area contributed by atoms with Gasteiger partial charge in [-0.3, -0.25) is 4.79 Å². The third kappa shape index (κ3) is 2.90. The van der Waals surface area contributed by atoms with Crippen LogP contribution < -0.4 is 5.56 Å². The van der Waals surface area contributed by atoms with Crippen molar-refractivity contribution in [3.63, 3.8) is 0 Å². The molecule has 26 heavy (non-hydrogen) atoms. The van der Waals surface area contributed by atoms with Crippen LogP contribution in [0.15, 0.2) is 4.79 Å². The molecular weight excluding hydrogens is 350 g/mol. The van der Waals surface area contributed by atoms with Crippen molar-refractivity contribution in [3.05, 3.63) is 16.0 Å². The van der Waals surface area contributed by atoms with Crippen molar-refractivity contribution in [2.24, 2.45) is 0 Å². The molecule has 3 rings (SSSR count). The Morgan fingerprint density at radius 3 is 2.50 bits per heavy atom. The molecule has 1 aliphatic rings. The van der Waals surface area contributed by atoms with Crippen LogP contribution in [0.1, 0.15) is 25.3 Å². The van der Waals surface area contributed by atoms with E-state index in [4.69, 9.17) is 4.74 Å². The predicted octanol–water partition coefficient (Wildman–Crippen LogP) is -3.14. The Bertz CT molecular complexity index is 835. The lowest BCUT2D eigenvalue weighted by Gasteiger charge is -2.39. The molecule has 0 bridgehead atoms. The maximum absolute atomic E-state index is 12.9. The van der Waals surface area contributed by atoms with Gasteiger partial charge in [0, 0.05) is 0 Å². The Labute approximate surface area is 146 Å². The van der Waals surface area contributed by atoms with E-state index in [9.17, 15) is 30.3 Å². The van der Waals surface area contributed by atoms with Crippen LogP contribution in [0.3, 0.4) is 0 Å². The Kier molecular flexibility index (Phi) is 5.32. The molecule has 12 heteroatoms. The summed E-state index contributed by atoms with van der Waals surface area (Å²) >= 11 is 0. The molecular formula is C14H21N5O7. The highest BCUT2D eigenvalue weighted by molar-refractivity contribution is 5.76.